The van der Waals surface area contributed by atoms with Crippen molar-refractivity contribution >= 4 is 50.1 Å². The number of aromatic nitrogens is 1. The van der Waals surface area contributed by atoms with Crippen molar-refractivity contribution < 1.29 is 37.3 Å². The van der Waals surface area contributed by atoms with Crippen LogP contribution in [-0.4, -0.2) is 80.6 Å². The van der Waals surface area contributed by atoms with Gasteiger partial charge in [0.2, 0.25) is 17.4 Å². The van der Waals surface area contributed by atoms with E-state index in [9.17, 15) is 37.7 Å². The van der Waals surface area contributed by atoms with Crippen LogP contribution < -0.4 is 5.32 Å². The molecule has 3 amide bonds. The van der Waals surface area contributed by atoms with Gasteiger partial charge in [-0.1, -0.05) is 30.3 Å². The van der Waals surface area contributed by atoms with E-state index in [0.717, 1.165) is 16.1 Å². The van der Waals surface area contributed by atoms with Crippen LogP contribution in [0.25, 0.3) is 10.9 Å². The lowest BCUT2D eigenvalue weighted by atomic mass is 9.64. The summed E-state index contributed by atoms with van der Waals surface area (Å²) < 4.78 is 35.7. The van der Waals surface area contributed by atoms with Crippen molar-refractivity contribution in [2.24, 2.45) is 5.41 Å². The number of benzene rings is 2. The zero-order valence-electron chi connectivity index (χ0n) is 27.6. The largest absolute Gasteiger partial charge is 0.349 e. The Morgan fingerprint density at radius 2 is 1.73 bits per heavy atom. The third-order valence-electron chi connectivity index (χ3n) is 10.1. The number of amides is 3. The molecule has 1 spiro atoms. The van der Waals surface area contributed by atoms with Crippen LogP contribution in [-0.2, 0) is 33.9 Å². The minimum Gasteiger partial charge on any atom is -0.349 e. The number of para-hydroxylation sites is 2. The Morgan fingerprint density at radius 3 is 2.41 bits per heavy atom. The van der Waals surface area contributed by atoms with Crippen LogP contribution in [0.15, 0.2) is 71.3 Å². The Balaban J connectivity index is 1.45. The van der Waals surface area contributed by atoms with E-state index in [1.807, 2.05) is 0 Å². The van der Waals surface area contributed by atoms with E-state index in [1.165, 1.54) is 47.2 Å². The molecular formula is C34H35N5O9S. The highest BCUT2D eigenvalue weighted by atomic mass is 32.2. The average molecular weight is 690 g/mol. The van der Waals surface area contributed by atoms with Gasteiger partial charge < -0.3 is 19.9 Å². The van der Waals surface area contributed by atoms with E-state index >= 15 is 0 Å². The highest BCUT2D eigenvalue weighted by Gasteiger charge is 2.78. The second kappa shape index (κ2) is 10.3. The predicted molar refractivity (Wildman–Crippen MR) is 174 cm³/mol. The summed E-state index contributed by atoms with van der Waals surface area (Å²) in [5.74, 6) is -2.13. The number of Topliss-reactive ketones (excluding diaryl/α,β-unsaturated/α-hetero) is 1. The van der Waals surface area contributed by atoms with Gasteiger partial charge in [0.15, 0.2) is 16.4 Å². The highest BCUT2D eigenvalue weighted by Crippen LogP contribution is 2.63. The second-order valence-electron chi connectivity index (χ2n) is 14.3. The molecule has 256 valence electrons. The predicted octanol–water partition coefficient (Wildman–Crippen LogP) is 3.21. The van der Waals surface area contributed by atoms with E-state index in [1.54, 1.807) is 45.9 Å². The molecule has 15 heteroatoms. The van der Waals surface area contributed by atoms with Crippen molar-refractivity contribution in [2.45, 2.75) is 75.3 Å². The van der Waals surface area contributed by atoms with Gasteiger partial charge in [0.25, 0.3) is 21.6 Å². The number of nitrogens with zero attached hydrogens (tertiary/aromatic N) is 4. The lowest BCUT2D eigenvalue weighted by Crippen LogP contribution is -2.72. The maximum absolute atomic E-state index is 14.9. The highest BCUT2D eigenvalue weighted by molar-refractivity contribution is 7.90. The van der Waals surface area contributed by atoms with Crippen molar-refractivity contribution in [3.63, 3.8) is 0 Å². The van der Waals surface area contributed by atoms with Gasteiger partial charge >= 0.3 is 0 Å². The Kier molecular flexibility index (Phi) is 6.87. The molecule has 7 rings (SSSR count). The number of nitro groups is 1. The topological polar surface area (TPSA) is 178 Å². The van der Waals surface area contributed by atoms with Crippen LogP contribution in [0.4, 0.5) is 5.69 Å². The SMILES string of the molecule is CC(=O)[C@@]12C=C3CN(C(C(=O)NC(C)(C)C)c4cn(S(=O)(=O)c5ccccc5[N+](=O)[O-])c5ccccc45)C(=O)[C@@]4(C)CCCN(C1=O)[C@@]34O2. The summed E-state index contributed by atoms with van der Waals surface area (Å²) in [5, 5.41) is 15.1. The number of carbonyl (C=O) groups is 4. The summed E-state index contributed by atoms with van der Waals surface area (Å²) in [4.78, 5) is 69.4. The summed E-state index contributed by atoms with van der Waals surface area (Å²) in [7, 11) is -4.60. The molecule has 14 nitrogen and oxygen atoms in total. The molecule has 3 fully saturated rings. The summed E-state index contributed by atoms with van der Waals surface area (Å²) >= 11 is 0. The van der Waals surface area contributed by atoms with Crippen LogP contribution >= 0.6 is 0 Å². The first kappa shape index (κ1) is 32.6. The Labute approximate surface area is 281 Å². The van der Waals surface area contributed by atoms with Gasteiger partial charge in [-0.2, -0.15) is 0 Å². The summed E-state index contributed by atoms with van der Waals surface area (Å²) in [6.07, 6.45) is 3.46. The number of nitrogens with one attached hydrogen (secondary N) is 1. The monoisotopic (exact) mass is 689 g/mol. The molecule has 2 aromatic carbocycles. The fraction of sp³-hybridized carbons (Fsp3) is 0.412. The number of fused-ring (bicyclic) bond motifs is 2. The molecule has 49 heavy (non-hydrogen) atoms. The van der Waals surface area contributed by atoms with Gasteiger partial charge in [0.1, 0.15) is 6.04 Å². The number of hydrogen-bond donors (Lipinski definition) is 1. The van der Waals surface area contributed by atoms with Crippen molar-refractivity contribution in [1.82, 2.24) is 19.1 Å². The lowest BCUT2D eigenvalue weighted by molar-refractivity contribution is -0.387. The minimum absolute atomic E-state index is 0.142. The van der Waals surface area contributed by atoms with Crippen LogP contribution in [0.3, 0.4) is 0 Å². The van der Waals surface area contributed by atoms with Crippen LogP contribution in [0.5, 0.6) is 0 Å². The van der Waals surface area contributed by atoms with Gasteiger partial charge in [-0.05, 0) is 65.7 Å². The van der Waals surface area contributed by atoms with Gasteiger partial charge in [-0.3, -0.25) is 29.3 Å². The van der Waals surface area contributed by atoms with Gasteiger partial charge in [-0.25, -0.2) is 12.4 Å². The molecule has 0 saturated carbocycles. The Bertz CT molecular complexity index is 2170. The smallest absolute Gasteiger partial charge is 0.289 e. The molecule has 4 aliphatic rings. The van der Waals surface area contributed by atoms with Crippen molar-refractivity contribution in [3.8, 4) is 0 Å². The molecule has 0 aliphatic carbocycles. The van der Waals surface area contributed by atoms with Crippen LogP contribution in [0.1, 0.15) is 59.1 Å². The number of ether oxygens (including phenoxy) is 1. The maximum Gasteiger partial charge on any atom is 0.289 e. The zero-order chi connectivity index (χ0) is 35.5. The normalized spacial score (nSPS) is 26.8. The fourth-order valence-corrected chi connectivity index (χ4v) is 9.59. The Hall–Kier alpha value is -4.89. The number of piperidine rings is 2. The number of carbonyl (C=O) groups excluding carboxylic acids is 4. The molecule has 1 aromatic heterocycles. The molecule has 2 bridgehead atoms. The number of hydrogen-bond acceptors (Lipinski definition) is 9. The summed E-state index contributed by atoms with van der Waals surface area (Å²) in [6, 6.07) is 9.99. The quantitative estimate of drug-likeness (QED) is 0.169. The molecule has 1 unspecified atom stereocenters. The average Bonchev–Trinajstić information content (AvgIpc) is 3.67. The van der Waals surface area contributed by atoms with Crippen molar-refractivity contribution in [3.05, 3.63) is 82.1 Å². The summed E-state index contributed by atoms with van der Waals surface area (Å²) in [5.41, 5.74) is -5.36. The van der Waals surface area contributed by atoms with Gasteiger partial charge in [0, 0.05) is 47.4 Å². The maximum atomic E-state index is 14.9. The first-order valence-corrected chi connectivity index (χ1v) is 17.3. The molecule has 0 radical (unpaired) electrons. The third kappa shape index (κ3) is 4.24. The number of likely N-dealkylation sites (tertiary alicyclic amines) is 1. The van der Waals surface area contributed by atoms with Crippen molar-refractivity contribution in [1.29, 1.82) is 0 Å². The fourth-order valence-electron chi connectivity index (χ4n) is 8.05. The summed E-state index contributed by atoms with van der Waals surface area (Å²) in [6.45, 7) is 8.36. The van der Waals surface area contributed by atoms with E-state index in [4.69, 9.17) is 4.74 Å². The molecule has 4 atom stereocenters. The minimum atomic E-state index is -4.60. The lowest BCUT2D eigenvalue weighted by Gasteiger charge is -2.58. The number of rotatable bonds is 7. The van der Waals surface area contributed by atoms with Crippen LogP contribution in [0.2, 0.25) is 0 Å². The van der Waals surface area contributed by atoms with Crippen LogP contribution in [0, 0.1) is 15.5 Å². The molecule has 3 aromatic rings. The van der Waals surface area contributed by atoms with E-state index in [-0.39, 0.29) is 17.6 Å². The van der Waals surface area contributed by atoms with Gasteiger partial charge in [0.05, 0.1) is 15.9 Å². The van der Waals surface area contributed by atoms with E-state index in [2.05, 4.69) is 5.32 Å². The molecule has 4 aliphatic heterocycles. The first-order chi connectivity index (χ1) is 22.9. The molecule has 3 saturated heterocycles. The second-order valence-corrected chi connectivity index (χ2v) is 16.1. The van der Waals surface area contributed by atoms with E-state index < -0.39 is 77.4 Å². The first-order valence-electron chi connectivity index (χ1n) is 15.9. The van der Waals surface area contributed by atoms with Crippen molar-refractivity contribution in [2.75, 3.05) is 13.1 Å². The number of ketones is 1. The molecule has 5 heterocycles. The third-order valence-corrected chi connectivity index (χ3v) is 11.8. The standard InChI is InChI=1S/C34H35N5O9S/c1-20(40)33-17-21-18-36(29(42)32(5)15-10-16-37(30(33)43)34(21,32)48-33)27(28(41)35-31(2,3)4)23-19-38(24-12-7-6-11-22(23)24)49(46,47)26-14-9-8-13-25(26)39(44)45/h6-9,11-14,17,19,27H,10,15-16,18H2,1-5H3,(H,35,41)/t27?,32-,33+,34-/m1/s1. The molecular weight excluding hydrogens is 654 g/mol. The Morgan fingerprint density at radius 1 is 1.06 bits per heavy atom. The van der Waals surface area contributed by atoms with Gasteiger partial charge in [-0.15, -0.1) is 0 Å². The zero-order valence-corrected chi connectivity index (χ0v) is 28.4. The van der Waals surface area contributed by atoms with E-state index in [0.29, 0.717) is 30.3 Å². The molecule has 1 N–H and O–H groups in total. The number of nitro benzene ring substituents is 1.